The van der Waals surface area contributed by atoms with E-state index in [4.69, 9.17) is 4.74 Å². The standard InChI is InChI=1S/C18H27NO2/c1-13-10-11-17(12-14(13)2)21-15(3)18(20)19-16-8-6-4-5-7-9-16/h10-12,15-16H,4-9H2,1-3H3,(H,19,20)/t15-/m0/s1. The van der Waals surface area contributed by atoms with Crippen molar-refractivity contribution in [2.45, 2.75) is 71.4 Å². The van der Waals surface area contributed by atoms with Crippen LogP contribution in [-0.4, -0.2) is 18.1 Å². The molecule has 1 aromatic rings. The molecule has 0 spiro atoms. The van der Waals surface area contributed by atoms with Crippen LogP contribution in [0.2, 0.25) is 0 Å². The van der Waals surface area contributed by atoms with Gasteiger partial charge in [0.2, 0.25) is 0 Å². The predicted molar refractivity (Wildman–Crippen MR) is 85.6 cm³/mol. The molecule has 1 fully saturated rings. The molecule has 2 rings (SSSR count). The third-order valence-electron chi connectivity index (χ3n) is 4.36. The SMILES string of the molecule is Cc1ccc(O[C@@H](C)C(=O)NC2CCCCCC2)cc1C. The molecule has 3 nitrogen and oxygen atoms in total. The molecule has 1 aliphatic carbocycles. The number of nitrogens with one attached hydrogen (secondary N) is 1. The van der Waals surface area contributed by atoms with Crippen LogP contribution < -0.4 is 10.1 Å². The molecule has 1 saturated carbocycles. The van der Waals surface area contributed by atoms with Gasteiger partial charge in [-0.15, -0.1) is 0 Å². The Kier molecular flexibility index (Phi) is 5.66. The van der Waals surface area contributed by atoms with Crippen LogP contribution in [0.15, 0.2) is 18.2 Å². The second kappa shape index (κ2) is 7.48. The van der Waals surface area contributed by atoms with Crippen molar-refractivity contribution in [2.24, 2.45) is 0 Å². The van der Waals surface area contributed by atoms with Gasteiger partial charge in [-0.25, -0.2) is 0 Å². The number of ether oxygens (including phenoxy) is 1. The summed E-state index contributed by atoms with van der Waals surface area (Å²) in [4.78, 5) is 12.2. The van der Waals surface area contributed by atoms with Crippen LogP contribution in [0, 0.1) is 13.8 Å². The minimum Gasteiger partial charge on any atom is -0.481 e. The van der Waals surface area contributed by atoms with E-state index in [1.54, 1.807) is 0 Å². The molecule has 3 heteroatoms. The van der Waals surface area contributed by atoms with Gasteiger partial charge in [0, 0.05) is 6.04 Å². The summed E-state index contributed by atoms with van der Waals surface area (Å²) in [5.41, 5.74) is 2.42. The van der Waals surface area contributed by atoms with Crippen molar-refractivity contribution in [1.82, 2.24) is 5.32 Å². The fourth-order valence-electron chi connectivity index (χ4n) is 2.79. The van der Waals surface area contributed by atoms with Gasteiger partial charge in [-0.05, 0) is 56.9 Å². The second-order valence-electron chi connectivity index (χ2n) is 6.20. The highest BCUT2D eigenvalue weighted by Crippen LogP contribution is 2.19. The van der Waals surface area contributed by atoms with Gasteiger partial charge < -0.3 is 10.1 Å². The van der Waals surface area contributed by atoms with E-state index in [2.05, 4.69) is 19.2 Å². The molecule has 1 atom stereocenters. The van der Waals surface area contributed by atoms with Gasteiger partial charge in [0.1, 0.15) is 5.75 Å². The lowest BCUT2D eigenvalue weighted by atomic mass is 10.1. The molecule has 0 aromatic heterocycles. The topological polar surface area (TPSA) is 38.3 Å². The summed E-state index contributed by atoms with van der Waals surface area (Å²) in [7, 11) is 0. The molecular formula is C18H27NO2. The van der Waals surface area contributed by atoms with E-state index in [-0.39, 0.29) is 5.91 Å². The summed E-state index contributed by atoms with van der Waals surface area (Å²) >= 11 is 0. The highest BCUT2D eigenvalue weighted by molar-refractivity contribution is 5.81. The highest BCUT2D eigenvalue weighted by atomic mass is 16.5. The largest absolute Gasteiger partial charge is 0.481 e. The van der Waals surface area contributed by atoms with Crippen LogP contribution in [0.4, 0.5) is 0 Å². The summed E-state index contributed by atoms with van der Waals surface area (Å²) in [6.07, 6.45) is 6.77. The lowest BCUT2D eigenvalue weighted by molar-refractivity contribution is -0.128. The second-order valence-corrected chi connectivity index (χ2v) is 6.20. The van der Waals surface area contributed by atoms with Crippen molar-refractivity contribution in [3.8, 4) is 5.75 Å². The van der Waals surface area contributed by atoms with Crippen LogP contribution >= 0.6 is 0 Å². The third-order valence-corrected chi connectivity index (χ3v) is 4.36. The number of hydrogen-bond donors (Lipinski definition) is 1. The molecule has 1 N–H and O–H groups in total. The van der Waals surface area contributed by atoms with Crippen LogP contribution in [0.5, 0.6) is 5.75 Å². The van der Waals surface area contributed by atoms with Crippen LogP contribution in [0.25, 0.3) is 0 Å². The number of amides is 1. The molecule has 21 heavy (non-hydrogen) atoms. The van der Waals surface area contributed by atoms with Crippen molar-refractivity contribution in [3.05, 3.63) is 29.3 Å². The van der Waals surface area contributed by atoms with E-state index in [1.165, 1.54) is 36.8 Å². The summed E-state index contributed by atoms with van der Waals surface area (Å²) < 4.78 is 5.77. The molecule has 0 heterocycles. The van der Waals surface area contributed by atoms with Crippen molar-refractivity contribution in [3.63, 3.8) is 0 Å². The maximum Gasteiger partial charge on any atom is 0.260 e. The first-order valence-corrected chi connectivity index (χ1v) is 8.10. The van der Waals surface area contributed by atoms with E-state index in [0.717, 1.165) is 18.6 Å². The third kappa shape index (κ3) is 4.76. The van der Waals surface area contributed by atoms with E-state index in [0.29, 0.717) is 6.04 Å². The Morgan fingerprint density at radius 1 is 1.14 bits per heavy atom. The zero-order valence-electron chi connectivity index (χ0n) is 13.4. The number of rotatable bonds is 4. The molecule has 0 bridgehead atoms. The maximum atomic E-state index is 12.2. The Morgan fingerprint density at radius 2 is 1.81 bits per heavy atom. The van der Waals surface area contributed by atoms with Gasteiger partial charge in [0.05, 0.1) is 0 Å². The molecule has 1 amide bonds. The highest BCUT2D eigenvalue weighted by Gasteiger charge is 2.20. The van der Waals surface area contributed by atoms with Crippen LogP contribution in [-0.2, 0) is 4.79 Å². The predicted octanol–water partition coefficient (Wildman–Crippen LogP) is 3.91. The van der Waals surface area contributed by atoms with Crippen LogP contribution in [0.1, 0.15) is 56.6 Å². The number of carbonyl (C=O) groups is 1. The lowest BCUT2D eigenvalue weighted by Gasteiger charge is -2.20. The number of aryl methyl sites for hydroxylation is 2. The van der Waals surface area contributed by atoms with Crippen molar-refractivity contribution in [2.75, 3.05) is 0 Å². The molecule has 1 aliphatic rings. The van der Waals surface area contributed by atoms with Gasteiger partial charge >= 0.3 is 0 Å². The number of benzene rings is 1. The zero-order chi connectivity index (χ0) is 15.2. The first-order valence-electron chi connectivity index (χ1n) is 8.10. The quantitative estimate of drug-likeness (QED) is 0.853. The Morgan fingerprint density at radius 3 is 2.43 bits per heavy atom. The smallest absolute Gasteiger partial charge is 0.260 e. The van der Waals surface area contributed by atoms with Crippen molar-refractivity contribution in [1.29, 1.82) is 0 Å². The van der Waals surface area contributed by atoms with E-state index >= 15 is 0 Å². The van der Waals surface area contributed by atoms with E-state index < -0.39 is 6.10 Å². The molecular weight excluding hydrogens is 262 g/mol. The van der Waals surface area contributed by atoms with Crippen molar-refractivity contribution >= 4 is 5.91 Å². The summed E-state index contributed by atoms with van der Waals surface area (Å²) in [6.45, 7) is 5.95. The maximum absolute atomic E-state index is 12.2. The van der Waals surface area contributed by atoms with Gasteiger partial charge in [0.25, 0.3) is 5.91 Å². The average molecular weight is 289 g/mol. The molecule has 0 aliphatic heterocycles. The number of carbonyl (C=O) groups excluding carboxylic acids is 1. The van der Waals surface area contributed by atoms with Gasteiger partial charge in [0.15, 0.2) is 6.10 Å². The Bertz CT molecular complexity index is 476. The molecule has 0 radical (unpaired) electrons. The molecule has 116 valence electrons. The summed E-state index contributed by atoms with van der Waals surface area (Å²) in [5.74, 6) is 0.766. The summed E-state index contributed by atoms with van der Waals surface area (Å²) in [5, 5.41) is 3.14. The normalized spacial score (nSPS) is 17.9. The minimum absolute atomic E-state index is 0.000119. The lowest BCUT2D eigenvalue weighted by Crippen LogP contribution is -2.42. The Balaban J connectivity index is 1.87. The fourth-order valence-corrected chi connectivity index (χ4v) is 2.79. The zero-order valence-corrected chi connectivity index (χ0v) is 13.4. The van der Waals surface area contributed by atoms with Gasteiger partial charge in [-0.3, -0.25) is 4.79 Å². The molecule has 0 saturated heterocycles. The van der Waals surface area contributed by atoms with E-state index in [1.807, 2.05) is 25.1 Å². The van der Waals surface area contributed by atoms with E-state index in [9.17, 15) is 4.79 Å². The minimum atomic E-state index is -0.449. The van der Waals surface area contributed by atoms with Crippen molar-refractivity contribution < 1.29 is 9.53 Å². The first-order chi connectivity index (χ1) is 10.1. The number of hydrogen-bond acceptors (Lipinski definition) is 2. The Labute approximate surface area is 128 Å². The molecule has 1 aromatic carbocycles. The Hall–Kier alpha value is -1.51. The first kappa shape index (κ1) is 15.9. The average Bonchev–Trinajstić information content (AvgIpc) is 2.71. The van der Waals surface area contributed by atoms with Crippen LogP contribution in [0.3, 0.4) is 0 Å². The molecule has 0 unspecified atom stereocenters. The van der Waals surface area contributed by atoms with Gasteiger partial charge in [-0.1, -0.05) is 31.7 Å². The fraction of sp³-hybridized carbons (Fsp3) is 0.611. The van der Waals surface area contributed by atoms with Gasteiger partial charge in [-0.2, -0.15) is 0 Å². The summed E-state index contributed by atoms with van der Waals surface area (Å²) in [6, 6.07) is 6.27. The monoisotopic (exact) mass is 289 g/mol.